The molecule has 0 aromatic heterocycles. The van der Waals surface area contributed by atoms with Crippen LogP contribution in [0.25, 0.3) is 0 Å². The number of hydrogen-bond acceptors (Lipinski definition) is 3. The molecule has 0 aliphatic carbocycles. The molecule has 0 unspecified atom stereocenters. The maximum absolute atomic E-state index is 12.2. The van der Waals surface area contributed by atoms with E-state index in [2.05, 4.69) is 0 Å². The van der Waals surface area contributed by atoms with E-state index in [-0.39, 0.29) is 5.41 Å². The first kappa shape index (κ1) is 21.5. The molecule has 0 saturated heterocycles. The molecular formula is C19H22Cl2O3Si. The Hall–Kier alpha value is -1.49. The van der Waals surface area contributed by atoms with Gasteiger partial charge in [-0.15, -0.1) is 0 Å². The van der Waals surface area contributed by atoms with Crippen molar-refractivity contribution in [1.29, 1.82) is 0 Å². The van der Waals surface area contributed by atoms with E-state index < -0.39 is 14.7 Å². The predicted molar refractivity (Wildman–Crippen MR) is 105 cm³/mol. The lowest BCUT2D eigenvalue weighted by Gasteiger charge is -2.21. The Morgan fingerprint density at radius 1 is 1.00 bits per heavy atom. The van der Waals surface area contributed by atoms with Crippen LogP contribution in [0.15, 0.2) is 42.5 Å². The number of benzene rings is 2. The van der Waals surface area contributed by atoms with Gasteiger partial charge in [-0.25, -0.2) is 4.79 Å². The highest BCUT2D eigenvalue weighted by Crippen LogP contribution is 2.30. The van der Waals surface area contributed by atoms with E-state index in [0.717, 1.165) is 5.56 Å². The largest absolute Gasteiger partial charge is 0.423 e. The van der Waals surface area contributed by atoms with Crippen molar-refractivity contribution in [3.63, 3.8) is 0 Å². The molecular weight excluding hydrogens is 375 g/mol. The molecule has 0 atom stereocenters. The van der Waals surface area contributed by atoms with Crippen LogP contribution < -0.4 is 4.74 Å². The third kappa shape index (κ3) is 7.51. The molecule has 0 amide bonds. The molecule has 0 radical (unpaired) electrons. The van der Waals surface area contributed by atoms with Crippen LogP contribution in [0, 0.1) is 0 Å². The number of esters is 1. The summed E-state index contributed by atoms with van der Waals surface area (Å²) >= 11 is 12.0. The summed E-state index contributed by atoms with van der Waals surface area (Å²) in [5.74, 6) is 0.0381. The molecule has 0 spiro atoms. The van der Waals surface area contributed by atoms with E-state index in [1.54, 1.807) is 55.6 Å². The zero-order valence-electron chi connectivity index (χ0n) is 15.0. The second-order valence-electron chi connectivity index (χ2n) is 6.70. The van der Waals surface area contributed by atoms with Crippen LogP contribution in [-0.2, 0) is 9.88 Å². The molecule has 0 saturated carbocycles. The summed E-state index contributed by atoms with van der Waals surface area (Å²) in [6.45, 7) is 9.56. The van der Waals surface area contributed by atoms with E-state index in [1.165, 1.54) is 0 Å². The predicted octanol–water partition coefficient (Wildman–Crippen LogP) is 6.18. The van der Waals surface area contributed by atoms with Crippen molar-refractivity contribution in [2.45, 2.75) is 39.3 Å². The van der Waals surface area contributed by atoms with Crippen LogP contribution in [0.1, 0.15) is 36.7 Å². The molecule has 0 aliphatic heterocycles. The van der Waals surface area contributed by atoms with Crippen molar-refractivity contribution < 1.29 is 14.0 Å². The molecule has 25 heavy (non-hydrogen) atoms. The van der Waals surface area contributed by atoms with E-state index in [1.807, 2.05) is 20.8 Å². The minimum atomic E-state index is -1.13. The lowest BCUT2D eigenvalue weighted by Crippen LogP contribution is -2.15. The number of ether oxygens (including phenoxy) is 1. The van der Waals surface area contributed by atoms with Gasteiger partial charge < -0.3 is 9.20 Å². The van der Waals surface area contributed by atoms with Crippen LogP contribution in [0.2, 0.25) is 23.1 Å². The summed E-state index contributed by atoms with van der Waals surface area (Å²) in [4.78, 5) is 12.2. The average molecular weight is 397 g/mol. The Kier molecular flexibility index (Phi) is 7.99. The molecule has 0 heterocycles. The summed E-state index contributed by atoms with van der Waals surface area (Å²) in [5.41, 5.74) is 1.24. The Bertz CT molecular complexity index is 746. The minimum absolute atomic E-state index is 0.145. The van der Waals surface area contributed by atoms with Gasteiger partial charge in [-0.3, -0.25) is 0 Å². The lowest BCUT2D eigenvalue weighted by molar-refractivity contribution is 0.0734. The van der Waals surface area contributed by atoms with Gasteiger partial charge in [-0.05, 0) is 66.5 Å². The van der Waals surface area contributed by atoms with Gasteiger partial charge in [0, 0.05) is 10.0 Å². The van der Waals surface area contributed by atoms with Gasteiger partial charge in [0.15, 0.2) is 0 Å². The average Bonchev–Trinajstić information content (AvgIpc) is 2.48. The normalized spacial score (nSPS) is 10.5. The molecule has 2 aromatic carbocycles. The summed E-state index contributed by atoms with van der Waals surface area (Å²) in [7, 11) is -1.13. The topological polar surface area (TPSA) is 43.4 Å². The molecule has 0 N–H and O–H groups in total. The van der Waals surface area contributed by atoms with Crippen molar-refractivity contribution in [2.75, 3.05) is 0 Å². The molecule has 134 valence electrons. The summed E-state index contributed by atoms with van der Waals surface area (Å²) in [5, 5.41) is 1.24. The van der Waals surface area contributed by atoms with Crippen molar-refractivity contribution in [2.24, 2.45) is 0 Å². The molecule has 6 heteroatoms. The fourth-order valence-corrected chi connectivity index (χ4v) is 2.42. The van der Waals surface area contributed by atoms with Crippen LogP contribution in [-0.4, -0.2) is 14.7 Å². The monoisotopic (exact) mass is 396 g/mol. The molecule has 0 fully saturated rings. The Morgan fingerprint density at radius 2 is 1.52 bits per heavy atom. The van der Waals surface area contributed by atoms with Crippen LogP contribution in [0.4, 0.5) is 0 Å². The van der Waals surface area contributed by atoms with E-state index in [4.69, 9.17) is 27.9 Å². The standard InChI is InChI=1S/C17H16Cl2O2.C2H6OSi/c1-17(2,3)14-10-11(4-9-15(14)19)16(20)21-13-7-5-12(18)6-8-13;1-4(2)3/h4-10H,1-3H3;1-2H3. The van der Waals surface area contributed by atoms with E-state index in [0.29, 0.717) is 21.4 Å². The van der Waals surface area contributed by atoms with Crippen molar-refractivity contribution in [3.05, 3.63) is 63.6 Å². The van der Waals surface area contributed by atoms with E-state index >= 15 is 0 Å². The Balaban J connectivity index is 0.000000705. The van der Waals surface area contributed by atoms with E-state index in [9.17, 15) is 9.26 Å². The van der Waals surface area contributed by atoms with Gasteiger partial charge in [-0.1, -0.05) is 44.0 Å². The highest BCUT2D eigenvalue weighted by molar-refractivity contribution is 6.38. The fourth-order valence-electron chi connectivity index (χ4n) is 1.90. The first-order valence-corrected chi connectivity index (χ1v) is 10.9. The third-order valence-corrected chi connectivity index (χ3v) is 3.62. The summed E-state index contributed by atoms with van der Waals surface area (Å²) in [6.07, 6.45) is 0. The van der Waals surface area contributed by atoms with Crippen LogP contribution in [0.3, 0.4) is 0 Å². The Labute approximate surface area is 160 Å². The van der Waals surface area contributed by atoms with Crippen molar-refractivity contribution >= 4 is 37.9 Å². The van der Waals surface area contributed by atoms with Crippen LogP contribution in [0.5, 0.6) is 5.75 Å². The van der Waals surface area contributed by atoms with Gasteiger partial charge in [0.2, 0.25) is 0 Å². The fraction of sp³-hybridized carbons (Fsp3) is 0.316. The zero-order chi connectivity index (χ0) is 19.2. The first-order valence-electron chi connectivity index (χ1n) is 7.75. The quantitative estimate of drug-likeness (QED) is 0.345. The maximum atomic E-state index is 12.2. The highest BCUT2D eigenvalue weighted by atomic mass is 35.5. The number of carbonyl (C=O) groups excluding carboxylic acids is 1. The van der Waals surface area contributed by atoms with Gasteiger partial charge in [0.25, 0.3) is 8.68 Å². The summed E-state index contributed by atoms with van der Waals surface area (Å²) < 4.78 is 15.0. The van der Waals surface area contributed by atoms with Gasteiger partial charge in [-0.2, -0.15) is 0 Å². The van der Waals surface area contributed by atoms with Gasteiger partial charge >= 0.3 is 5.97 Å². The summed E-state index contributed by atoms with van der Waals surface area (Å²) in [6, 6.07) is 11.8. The number of rotatable bonds is 2. The number of carbonyl (C=O) groups is 1. The molecule has 2 aromatic rings. The molecule has 0 aliphatic rings. The van der Waals surface area contributed by atoms with Crippen LogP contribution >= 0.6 is 23.2 Å². The minimum Gasteiger partial charge on any atom is -0.423 e. The maximum Gasteiger partial charge on any atom is 0.343 e. The lowest BCUT2D eigenvalue weighted by atomic mass is 9.86. The molecule has 3 nitrogen and oxygen atoms in total. The van der Waals surface area contributed by atoms with Gasteiger partial charge in [0.05, 0.1) is 5.56 Å². The molecule has 0 bridgehead atoms. The zero-order valence-corrected chi connectivity index (χ0v) is 17.5. The third-order valence-electron chi connectivity index (χ3n) is 3.03. The second-order valence-corrected chi connectivity index (χ2v) is 9.36. The number of halogens is 2. The number of hydrogen-bond donors (Lipinski definition) is 0. The van der Waals surface area contributed by atoms with Crippen molar-refractivity contribution in [3.8, 4) is 5.75 Å². The van der Waals surface area contributed by atoms with Crippen molar-refractivity contribution in [1.82, 2.24) is 0 Å². The highest BCUT2D eigenvalue weighted by Gasteiger charge is 2.20. The Morgan fingerprint density at radius 3 is 2.00 bits per heavy atom. The second kappa shape index (κ2) is 9.27. The SMILES string of the molecule is CC(C)(C)c1cc(C(=O)Oc2ccc(Cl)cc2)ccc1Cl.C[Si](C)=O. The van der Waals surface area contributed by atoms with Gasteiger partial charge in [0.1, 0.15) is 5.75 Å². The molecule has 2 rings (SSSR count). The first-order chi connectivity index (χ1) is 11.5. The smallest absolute Gasteiger partial charge is 0.343 e.